The largest absolute Gasteiger partial charge is 0.472 e. The molecule has 1 amide bonds. The van der Waals surface area contributed by atoms with Crippen molar-refractivity contribution < 1.29 is 23.7 Å². The lowest BCUT2D eigenvalue weighted by atomic mass is 10.0. The summed E-state index contributed by atoms with van der Waals surface area (Å²) in [5.74, 6) is 0.582. The molecule has 10 nitrogen and oxygen atoms in total. The summed E-state index contributed by atoms with van der Waals surface area (Å²) in [5, 5.41) is 13.2. The topological polar surface area (TPSA) is 102 Å². The molecule has 1 aliphatic rings. The monoisotopic (exact) mass is 525 g/mol. The van der Waals surface area contributed by atoms with E-state index in [0.717, 1.165) is 59.3 Å². The summed E-state index contributed by atoms with van der Waals surface area (Å²) in [5.41, 5.74) is 3.72. The van der Waals surface area contributed by atoms with Crippen molar-refractivity contribution in [3.05, 3.63) is 36.2 Å². The minimum Gasteiger partial charge on any atom is -0.472 e. The zero-order chi connectivity index (χ0) is 27.4. The van der Waals surface area contributed by atoms with Gasteiger partial charge in [-0.25, -0.2) is 14.2 Å². The first-order chi connectivity index (χ1) is 18.1. The molecule has 3 heterocycles. The lowest BCUT2D eigenvalue weighted by Gasteiger charge is -2.23. The molecule has 3 aromatic rings. The molecule has 0 spiro atoms. The van der Waals surface area contributed by atoms with Gasteiger partial charge in [0.1, 0.15) is 11.7 Å². The van der Waals surface area contributed by atoms with Gasteiger partial charge in [0.25, 0.3) is 0 Å². The van der Waals surface area contributed by atoms with Gasteiger partial charge >= 0.3 is 6.09 Å². The number of amides is 1. The molecule has 1 unspecified atom stereocenters. The third kappa shape index (κ3) is 6.19. The lowest BCUT2D eigenvalue weighted by molar-refractivity contribution is -0.0367. The molecule has 38 heavy (non-hydrogen) atoms. The van der Waals surface area contributed by atoms with Crippen LogP contribution < -0.4 is 10.1 Å². The summed E-state index contributed by atoms with van der Waals surface area (Å²) in [7, 11) is 3.47. The Balaban J connectivity index is 1.65. The van der Waals surface area contributed by atoms with Crippen molar-refractivity contribution in [2.24, 2.45) is 7.05 Å². The van der Waals surface area contributed by atoms with E-state index in [2.05, 4.69) is 29.1 Å². The van der Waals surface area contributed by atoms with E-state index in [1.54, 1.807) is 17.9 Å². The summed E-state index contributed by atoms with van der Waals surface area (Å²) in [6.07, 6.45) is 3.99. The molecule has 1 aromatic carbocycles. The van der Waals surface area contributed by atoms with E-state index in [1.165, 1.54) is 0 Å². The fourth-order valence-electron chi connectivity index (χ4n) is 4.61. The van der Waals surface area contributed by atoms with Gasteiger partial charge in [0.05, 0.1) is 35.6 Å². The number of carbonyl (C=O) groups is 1. The number of benzene rings is 1. The predicted molar refractivity (Wildman–Crippen MR) is 146 cm³/mol. The van der Waals surface area contributed by atoms with Crippen LogP contribution in [-0.4, -0.2) is 57.6 Å². The number of aryl methyl sites for hydroxylation is 1. The summed E-state index contributed by atoms with van der Waals surface area (Å²) < 4.78 is 26.8. The number of ether oxygens (including phenoxy) is 4. The third-order valence-corrected chi connectivity index (χ3v) is 6.24. The van der Waals surface area contributed by atoms with Crippen LogP contribution in [0.25, 0.3) is 28.1 Å². The van der Waals surface area contributed by atoms with Gasteiger partial charge in [-0.05, 0) is 70.7 Å². The van der Waals surface area contributed by atoms with Crippen molar-refractivity contribution in [1.82, 2.24) is 24.9 Å². The molecule has 1 aliphatic heterocycles. The quantitative estimate of drug-likeness (QED) is 0.409. The van der Waals surface area contributed by atoms with Crippen molar-refractivity contribution >= 4 is 23.1 Å². The number of carbonyl (C=O) groups excluding carboxylic acids is 1. The molecular formula is C28H39N5O5. The Bertz CT molecular complexity index is 1280. The Morgan fingerprint density at radius 3 is 2.76 bits per heavy atom. The van der Waals surface area contributed by atoms with Crippen LogP contribution in [0.3, 0.4) is 0 Å². The Kier molecular flexibility index (Phi) is 8.42. The second-order valence-electron chi connectivity index (χ2n) is 10.6. The maximum absolute atomic E-state index is 12.1. The molecule has 2 atom stereocenters. The van der Waals surface area contributed by atoms with Gasteiger partial charge in [0.15, 0.2) is 6.23 Å². The van der Waals surface area contributed by atoms with Crippen LogP contribution in [-0.2, 0) is 27.9 Å². The summed E-state index contributed by atoms with van der Waals surface area (Å²) in [6, 6.07) is 6.19. The molecule has 1 saturated heterocycles. The number of methoxy groups -OCH3 is 1. The van der Waals surface area contributed by atoms with Gasteiger partial charge in [-0.3, -0.25) is 0 Å². The first-order valence-electron chi connectivity index (χ1n) is 13.1. The second kappa shape index (κ2) is 11.6. The zero-order valence-electron chi connectivity index (χ0n) is 23.2. The van der Waals surface area contributed by atoms with E-state index >= 15 is 0 Å². The molecule has 0 bridgehead atoms. The van der Waals surface area contributed by atoms with E-state index < -0.39 is 11.7 Å². The maximum atomic E-state index is 12.1. The van der Waals surface area contributed by atoms with Crippen LogP contribution in [0, 0.1) is 0 Å². The van der Waals surface area contributed by atoms with Crippen LogP contribution in [0.5, 0.6) is 5.88 Å². The Morgan fingerprint density at radius 2 is 2.11 bits per heavy atom. The summed E-state index contributed by atoms with van der Waals surface area (Å²) in [6.45, 7) is 12.7. The van der Waals surface area contributed by atoms with Crippen molar-refractivity contribution in [3.8, 4) is 17.0 Å². The van der Waals surface area contributed by atoms with Crippen molar-refractivity contribution in [1.29, 1.82) is 0 Å². The number of fused-ring (bicyclic) bond motifs is 1. The van der Waals surface area contributed by atoms with Crippen LogP contribution in [0.1, 0.15) is 64.6 Å². The minimum atomic E-state index is -0.571. The van der Waals surface area contributed by atoms with E-state index in [1.807, 2.05) is 45.5 Å². The Labute approximate surface area is 223 Å². The van der Waals surface area contributed by atoms with Crippen LogP contribution in [0.15, 0.2) is 24.8 Å². The molecule has 0 saturated carbocycles. The highest BCUT2D eigenvalue weighted by molar-refractivity contribution is 5.92. The van der Waals surface area contributed by atoms with Gasteiger partial charge < -0.3 is 24.3 Å². The number of nitrogens with one attached hydrogen (secondary N) is 1. The molecule has 4 rings (SSSR count). The van der Waals surface area contributed by atoms with Crippen molar-refractivity contribution in [2.45, 2.75) is 71.5 Å². The van der Waals surface area contributed by atoms with Crippen molar-refractivity contribution in [2.75, 3.05) is 20.3 Å². The highest BCUT2D eigenvalue weighted by Gasteiger charge is 2.25. The fraction of sp³-hybridized carbons (Fsp3) is 0.536. The number of hydrogen-bond acceptors (Lipinski definition) is 7. The number of rotatable bonds is 9. The van der Waals surface area contributed by atoms with Gasteiger partial charge in [-0.15, -0.1) is 0 Å². The molecule has 1 fully saturated rings. The number of alkyl carbamates (subject to hydrolysis) is 1. The molecule has 0 aliphatic carbocycles. The highest BCUT2D eigenvalue weighted by Crippen LogP contribution is 2.37. The van der Waals surface area contributed by atoms with E-state index in [4.69, 9.17) is 24.0 Å². The van der Waals surface area contributed by atoms with E-state index in [0.29, 0.717) is 12.5 Å². The molecular weight excluding hydrogens is 486 g/mol. The summed E-state index contributed by atoms with van der Waals surface area (Å²) in [4.78, 5) is 12.1. The van der Waals surface area contributed by atoms with Gasteiger partial charge in [-0.1, -0.05) is 12.6 Å². The fourth-order valence-corrected chi connectivity index (χ4v) is 4.61. The van der Waals surface area contributed by atoms with Gasteiger partial charge in [-0.2, -0.15) is 10.2 Å². The normalized spacial score (nSPS) is 16.8. The van der Waals surface area contributed by atoms with Crippen LogP contribution >= 0.6 is 0 Å². The lowest BCUT2D eigenvalue weighted by Crippen LogP contribution is -2.37. The molecule has 0 radical (unpaired) electrons. The number of hydrogen-bond donors (Lipinski definition) is 1. The predicted octanol–water partition coefficient (Wildman–Crippen LogP) is 5.22. The SMILES string of the molecule is C=Cc1nn(C2CCCCO2)c2ccc(-c3c(COC)nn(C)c3O[C@@H](C)CNC(=O)OC(C)(C)C)cc12. The highest BCUT2D eigenvalue weighted by atomic mass is 16.6. The number of nitrogens with zero attached hydrogens (tertiary/aromatic N) is 4. The Morgan fingerprint density at radius 1 is 1.32 bits per heavy atom. The molecule has 2 aromatic heterocycles. The zero-order valence-corrected chi connectivity index (χ0v) is 23.2. The molecule has 1 N–H and O–H groups in total. The Hall–Kier alpha value is -3.37. The second-order valence-corrected chi connectivity index (χ2v) is 10.6. The first kappa shape index (κ1) is 27.7. The maximum Gasteiger partial charge on any atom is 0.407 e. The van der Waals surface area contributed by atoms with Crippen LogP contribution in [0.2, 0.25) is 0 Å². The number of aromatic nitrogens is 4. The smallest absolute Gasteiger partial charge is 0.407 e. The van der Waals surface area contributed by atoms with Gasteiger partial charge in [0, 0.05) is 26.2 Å². The van der Waals surface area contributed by atoms with E-state index in [9.17, 15) is 4.79 Å². The standard InChI is InChI=1S/C28H39N5O5/c1-8-21-20-15-19(12-13-23(20)33(31-21)24-11-9-10-14-36-24)25-22(17-35-7)30-32(6)26(25)37-18(2)16-29-27(34)38-28(3,4)5/h8,12-13,15,18,24H,1,9-11,14,16-17H2,2-7H3,(H,29,34)/t18-,24?/m0/s1. The first-order valence-corrected chi connectivity index (χ1v) is 13.1. The average molecular weight is 526 g/mol. The summed E-state index contributed by atoms with van der Waals surface area (Å²) >= 11 is 0. The average Bonchev–Trinajstić information content (AvgIpc) is 3.39. The van der Waals surface area contributed by atoms with Crippen molar-refractivity contribution in [3.63, 3.8) is 0 Å². The third-order valence-electron chi connectivity index (χ3n) is 6.24. The van der Waals surface area contributed by atoms with Gasteiger partial charge in [0.2, 0.25) is 5.88 Å². The minimum absolute atomic E-state index is 0.0783. The van der Waals surface area contributed by atoms with Crippen LogP contribution in [0.4, 0.5) is 4.79 Å². The molecule has 10 heteroatoms. The van der Waals surface area contributed by atoms with E-state index in [-0.39, 0.29) is 18.9 Å². The molecule has 206 valence electrons.